The van der Waals surface area contributed by atoms with Crippen molar-refractivity contribution in [3.05, 3.63) is 18.0 Å². The fraction of sp³-hybridized carbons (Fsp3) is 0.706. The molecule has 0 unspecified atom stereocenters. The van der Waals surface area contributed by atoms with E-state index in [1.165, 1.54) is 10.6 Å². The number of nitrogens with zero attached hydrogens (tertiary/aromatic N) is 4. The van der Waals surface area contributed by atoms with Crippen LogP contribution in [0, 0.1) is 0 Å². The summed E-state index contributed by atoms with van der Waals surface area (Å²) in [6.45, 7) is 9.49. The molecule has 2 heterocycles. The largest absolute Gasteiger partial charge is 0.459 e. The summed E-state index contributed by atoms with van der Waals surface area (Å²) in [7, 11) is -3.46. The monoisotopic (exact) mass is 415 g/mol. The first kappa shape index (κ1) is 22.2. The van der Waals surface area contributed by atoms with Crippen LogP contribution in [-0.4, -0.2) is 79.6 Å². The summed E-state index contributed by atoms with van der Waals surface area (Å²) in [4.78, 5) is 18.2. The summed E-state index contributed by atoms with van der Waals surface area (Å²) in [5, 5.41) is 6.80. The molecule has 0 saturated carbocycles. The molecule has 0 atom stereocenters. The van der Waals surface area contributed by atoms with E-state index in [0.29, 0.717) is 44.4 Å². The van der Waals surface area contributed by atoms with Crippen LogP contribution < -0.4 is 5.32 Å². The Bertz CT molecular complexity index is 762. The summed E-state index contributed by atoms with van der Waals surface area (Å²) in [5.41, 5.74) is -0.177. The lowest BCUT2D eigenvalue weighted by Gasteiger charge is -2.35. The van der Waals surface area contributed by atoms with E-state index in [2.05, 4.69) is 15.5 Å². The topological polar surface area (TPSA) is 117 Å². The maximum atomic E-state index is 12.5. The summed E-state index contributed by atoms with van der Waals surface area (Å²) in [5.74, 6) is -0.0188. The summed E-state index contributed by atoms with van der Waals surface area (Å²) in [6.07, 6.45) is 1.35. The van der Waals surface area contributed by atoms with Crippen LogP contribution in [0.1, 0.15) is 33.4 Å². The number of nitrogens with one attached hydrogen (secondary N) is 1. The highest BCUT2D eigenvalue weighted by Crippen LogP contribution is 2.13. The third-order valence-electron chi connectivity index (χ3n) is 3.87. The first-order chi connectivity index (χ1) is 13.1. The number of rotatable bonds is 6. The molecule has 1 aromatic rings. The predicted octanol–water partition coefficient (Wildman–Crippen LogP) is 0.429. The van der Waals surface area contributed by atoms with Gasteiger partial charge in [-0.3, -0.25) is 4.79 Å². The van der Waals surface area contributed by atoms with E-state index >= 15 is 0 Å². The predicted molar refractivity (Wildman–Crippen MR) is 104 cm³/mol. The smallest absolute Gasteiger partial charge is 0.328 e. The van der Waals surface area contributed by atoms with Gasteiger partial charge in [-0.05, 0) is 27.7 Å². The van der Waals surface area contributed by atoms with Gasteiger partial charge in [0.15, 0.2) is 5.96 Å². The van der Waals surface area contributed by atoms with Crippen LogP contribution in [0.5, 0.6) is 0 Å². The molecule has 28 heavy (non-hydrogen) atoms. The molecule has 0 radical (unpaired) electrons. The van der Waals surface area contributed by atoms with Crippen molar-refractivity contribution in [1.82, 2.24) is 19.7 Å². The van der Waals surface area contributed by atoms with Gasteiger partial charge in [-0.25, -0.2) is 13.4 Å². The molecule has 1 aromatic heterocycles. The SMILES string of the molecule is CCNC(=NCC(=O)OC(C)(C)C)N1CCN(S(=O)(=O)Cc2ccon2)CC1. The minimum atomic E-state index is -3.46. The number of guanidine groups is 1. The van der Waals surface area contributed by atoms with Crippen LogP contribution in [0.3, 0.4) is 0 Å². The first-order valence-corrected chi connectivity index (χ1v) is 10.8. The fourth-order valence-corrected chi connectivity index (χ4v) is 4.13. The molecular formula is C17H29N5O5S. The molecule has 1 N–H and O–H groups in total. The zero-order chi connectivity index (χ0) is 20.8. The van der Waals surface area contributed by atoms with Gasteiger partial charge in [0.2, 0.25) is 10.0 Å². The number of hydrogen-bond acceptors (Lipinski definition) is 7. The lowest BCUT2D eigenvalue weighted by molar-refractivity contribution is -0.152. The van der Waals surface area contributed by atoms with E-state index in [1.807, 2.05) is 11.8 Å². The molecular weight excluding hydrogens is 386 g/mol. The quantitative estimate of drug-likeness (QED) is 0.404. The fourth-order valence-electron chi connectivity index (χ4n) is 2.71. The molecule has 158 valence electrons. The average molecular weight is 416 g/mol. The summed E-state index contributed by atoms with van der Waals surface area (Å²) < 4.78 is 36.5. The van der Waals surface area contributed by atoms with Gasteiger partial charge < -0.3 is 19.5 Å². The first-order valence-electron chi connectivity index (χ1n) is 9.23. The Kier molecular flexibility index (Phi) is 7.41. The van der Waals surface area contributed by atoms with E-state index in [-0.39, 0.29) is 12.3 Å². The number of ether oxygens (including phenoxy) is 1. The standard InChI is InChI=1S/C17H29N5O5S/c1-5-18-16(19-12-15(23)27-17(2,3)4)21-7-9-22(10-8-21)28(24,25)13-14-6-11-26-20-14/h6,11H,5,7-10,12-13H2,1-4H3,(H,18,19). The molecule has 2 rings (SSSR count). The van der Waals surface area contributed by atoms with Gasteiger partial charge in [0.05, 0.1) is 5.69 Å². The number of carbonyl (C=O) groups is 1. The average Bonchev–Trinajstić information content (AvgIpc) is 3.09. The van der Waals surface area contributed by atoms with Crippen molar-refractivity contribution in [1.29, 1.82) is 0 Å². The van der Waals surface area contributed by atoms with Crippen molar-refractivity contribution >= 4 is 22.0 Å². The van der Waals surface area contributed by atoms with Gasteiger partial charge in [0, 0.05) is 38.8 Å². The molecule has 0 aromatic carbocycles. The van der Waals surface area contributed by atoms with Crippen molar-refractivity contribution in [2.24, 2.45) is 4.99 Å². The van der Waals surface area contributed by atoms with Crippen LogP contribution in [-0.2, 0) is 25.3 Å². The Hall–Kier alpha value is -2.14. The third-order valence-corrected chi connectivity index (χ3v) is 5.68. The van der Waals surface area contributed by atoms with Crippen molar-refractivity contribution in [3.8, 4) is 0 Å². The van der Waals surface area contributed by atoms with Gasteiger partial charge >= 0.3 is 5.97 Å². The van der Waals surface area contributed by atoms with Crippen molar-refractivity contribution < 1.29 is 22.5 Å². The number of hydrogen-bond donors (Lipinski definition) is 1. The van der Waals surface area contributed by atoms with Gasteiger partial charge in [-0.1, -0.05) is 5.16 Å². The Morgan fingerprint density at radius 3 is 2.54 bits per heavy atom. The molecule has 0 amide bonds. The second-order valence-corrected chi connectivity index (χ2v) is 9.36. The minimum absolute atomic E-state index is 0.0930. The second-order valence-electron chi connectivity index (χ2n) is 7.39. The number of aliphatic imine (C=N–C) groups is 1. The Morgan fingerprint density at radius 2 is 2.00 bits per heavy atom. The van der Waals surface area contributed by atoms with Crippen LogP contribution in [0.15, 0.2) is 21.8 Å². The molecule has 0 aliphatic carbocycles. The highest BCUT2D eigenvalue weighted by Gasteiger charge is 2.29. The van der Waals surface area contributed by atoms with E-state index in [0.717, 1.165) is 0 Å². The molecule has 1 saturated heterocycles. The molecule has 1 fully saturated rings. The molecule has 1 aliphatic heterocycles. The van der Waals surface area contributed by atoms with Crippen LogP contribution in [0.2, 0.25) is 0 Å². The third kappa shape index (κ3) is 6.79. The van der Waals surface area contributed by atoms with Gasteiger partial charge in [0.1, 0.15) is 24.2 Å². The number of aromatic nitrogens is 1. The molecule has 10 nitrogen and oxygen atoms in total. The van der Waals surface area contributed by atoms with Crippen molar-refractivity contribution in [2.45, 2.75) is 39.0 Å². The van der Waals surface area contributed by atoms with E-state index in [9.17, 15) is 13.2 Å². The van der Waals surface area contributed by atoms with Gasteiger partial charge in [-0.15, -0.1) is 0 Å². The van der Waals surface area contributed by atoms with Crippen LogP contribution in [0.4, 0.5) is 0 Å². The van der Waals surface area contributed by atoms with Gasteiger partial charge in [-0.2, -0.15) is 4.31 Å². The molecule has 1 aliphatic rings. The number of piperazine rings is 1. The lowest BCUT2D eigenvalue weighted by Crippen LogP contribution is -2.54. The molecule has 0 spiro atoms. The normalized spacial score (nSPS) is 16.9. The minimum Gasteiger partial charge on any atom is -0.459 e. The second kappa shape index (κ2) is 9.37. The van der Waals surface area contributed by atoms with Crippen molar-refractivity contribution in [2.75, 3.05) is 39.3 Å². The van der Waals surface area contributed by atoms with Crippen LogP contribution >= 0.6 is 0 Å². The Labute approximate surface area is 166 Å². The zero-order valence-electron chi connectivity index (χ0n) is 16.8. The zero-order valence-corrected chi connectivity index (χ0v) is 17.7. The Morgan fingerprint density at radius 1 is 1.32 bits per heavy atom. The van der Waals surface area contributed by atoms with E-state index < -0.39 is 21.6 Å². The lowest BCUT2D eigenvalue weighted by atomic mass is 10.2. The van der Waals surface area contributed by atoms with Gasteiger partial charge in [0.25, 0.3) is 0 Å². The number of sulfonamides is 1. The maximum Gasteiger partial charge on any atom is 0.328 e. The Balaban J connectivity index is 1.94. The van der Waals surface area contributed by atoms with E-state index in [1.54, 1.807) is 26.8 Å². The summed E-state index contributed by atoms with van der Waals surface area (Å²) >= 11 is 0. The summed E-state index contributed by atoms with van der Waals surface area (Å²) in [6, 6.07) is 1.54. The van der Waals surface area contributed by atoms with E-state index in [4.69, 9.17) is 9.26 Å². The van der Waals surface area contributed by atoms with Crippen molar-refractivity contribution in [3.63, 3.8) is 0 Å². The number of esters is 1. The number of carbonyl (C=O) groups excluding carboxylic acids is 1. The highest BCUT2D eigenvalue weighted by atomic mass is 32.2. The van der Waals surface area contributed by atoms with Crippen LogP contribution in [0.25, 0.3) is 0 Å². The highest BCUT2D eigenvalue weighted by molar-refractivity contribution is 7.88. The molecule has 11 heteroatoms. The maximum absolute atomic E-state index is 12.5. The molecule has 0 bridgehead atoms.